The molecule has 110 valence electrons. The quantitative estimate of drug-likeness (QED) is 0.867. The number of anilines is 1. The lowest BCUT2D eigenvalue weighted by Crippen LogP contribution is -2.33. The topological polar surface area (TPSA) is 66.9 Å². The molecule has 0 aliphatic heterocycles. The van der Waals surface area contributed by atoms with Crippen LogP contribution in [0.3, 0.4) is 0 Å². The minimum Gasteiger partial charge on any atom is -0.369 e. The molecule has 2 unspecified atom stereocenters. The summed E-state index contributed by atoms with van der Waals surface area (Å²) in [6.45, 7) is 5.81. The van der Waals surface area contributed by atoms with Crippen molar-refractivity contribution in [3.8, 4) is 0 Å². The van der Waals surface area contributed by atoms with Crippen LogP contribution >= 0.6 is 0 Å². The van der Waals surface area contributed by atoms with Gasteiger partial charge in [-0.1, -0.05) is 26.2 Å². The summed E-state index contributed by atoms with van der Waals surface area (Å²) in [7, 11) is 0. The van der Waals surface area contributed by atoms with Crippen LogP contribution in [0.5, 0.6) is 0 Å². The van der Waals surface area contributed by atoms with Gasteiger partial charge >= 0.3 is 0 Å². The minimum atomic E-state index is -0.127. The number of nitrogens with zero attached hydrogens (tertiary/aromatic N) is 2. The number of nitrogens with one attached hydrogen (secondary N) is 2. The number of rotatable bonds is 5. The van der Waals surface area contributed by atoms with Crippen molar-refractivity contribution in [2.24, 2.45) is 11.8 Å². The SMILES string of the molecule is CCNc1ccc(C(=O)NCC2CCCCC2C)nn1. The van der Waals surface area contributed by atoms with Crippen LogP contribution in [0.2, 0.25) is 0 Å². The first-order chi connectivity index (χ1) is 9.70. The Balaban J connectivity index is 1.84. The Bertz CT molecular complexity index is 432. The van der Waals surface area contributed by atoms with Crippen LogP contribution in [-0.4, -0.2) is 29.2 Å². The summed E-state index contributed by atoms with van der Waals surface area (Å²) < 4.78 is 0. The van der Waals surface area contributed by atoms with E-state index in [9.17, 15) is 4.79 Å². The number of hydrogen-bond acceptors (Lipinski definition) is 4. The maximum atomic E-state index is 12.0. The number of carbonyl (C=O) groups is 1. The Morgan fingerprint density at radius 2 is 2.10 bits per heavy atom. The summed E-state index contributed by atoms with van der Waals surface area (Å²) >= 11 is 0. The van der Waals surface area contributed by atoms with Crippen molar-refractivity contribution in [1.29, 1.82) is 0 Å². The van der Waals surface area contributed by atoms with Crippen molar-refractivity contribution in [2.45, 2.75) is 39.5 Å². The zero-order valence-corrected chi connectivity index (χ0v) is 12.4. The van der Waals surface area contributed by atoms with Gasteiger partial charge in [0.2, 0.25) is 0 Å². The first kappa shape index (κ1) is 14.8. The first-order valence-electron chi connectivity index (χ1n) is 7.56. The van der Waals surface area contributed by atoms with Gasteiger partial charge in [-0.25, -0.2) is 0 Å². The highest BCUT2D eigenvalue weighted by molar-refractivity contribution is 5.92. The van der Waals surface area contributed by atoms with Crippen molar-refractivity contribution in [2.75, 3.05) is 18.4 Å². The molecular weight excluding hydrogens is 252 g/mol. The predicted octanol–water partition coefficient (Wildman–Crippen LogP) is 2.46. The summed E-state index contributed by atoms with van der Waals surface area (Å²) in [4.78, 5) is 12.0. The molecule has 1 aromatic heterocycles. The fraction of sp³-hybridized carbons (Fsp3) is 0.667. The molecule has 0 radical (unpaired) electrons. The van der Waals surface area contributed by atoms with Gasteiger partial charge in [0, 0.05) is 13.1 Å². The second kappa shape index (κ2) is 7.22. The van der Waals surface area contributed by atoms with Crippen molar-refractivity contribution in [1.82, 2.24) is 15.5 Å². The highest BCUT2D eigenvalue weighted by Crippen LogP contribution is 2.28. The third kappa shape index (κ3) is 3.92. The molecule has 0 bridgehead atoms. The van der Waals surface area contributed by atoms with Gasteiger partial charge in [0.1, 0.15) is 5.82 Å². The van der Waals surface area contributed by atoms with E-state index in [1.165, 1.54) is 25.7 Å². The minimum absolute atomic E-state index is 0.127. The Morgan fingerprint density at radius 3 is 2.75 bits per heavy atom. The highest BCUT2D eigenvalue weighted by atomic mass is 16.1. The van der Waals surface area contributed by atoms with Crippen LogP contribution in [0.25, 0.3) is 0 Å². The standard InChI is InChI=1S/C15H24N4O/c1-3-16-14-9-8-13(18-19-14)15(20)17-10-12-7-5-4-6-11(12)2/h8-9,11-12H,3-7,10H2,1-2H3,(H,16,19)(H,17,20). The molecule has 0 spiro atoms. The lowest BCUT2D eigenvalue weighted by molar-refractivity contribution is 0.0930. The van der Waals surface area contributed by atoms with Gasteiger partial charge in [-0.2, -0.15) is 0 Å². The summed E-state index contributed by atoms with van der Waals surface area (Å²) in [5, 5.41) is 14.0. The van der Waals surface area contributed by atoms with Gasteiger partial charge in [0.05, 0.1) is 0 Å². The van der Waals surface area contributed by atoms with Crippen LogP contribution < -0.4 is 10.6 Å². The van der Waals surface area contributed by atoms with Gasteiger partial charge < -0.3 is 10.6 Å². The van der Waals surface area contributed by atoms with Crippen molar-refractivity contribution >= 4 is 11.7 Å². The van der Waals surface area contributed by atoms with Crippen molar-refractivity contribution in [3.63, 3.8) is 0 Å². The molecule has 1 amide bonds. The van der Waals surface area contributed by atoms with E-state index in [4.69, 9.17) is 0 Å². The smallest absolute Gasteiger partial charge is 0.271 e. The molecule has 0 aromatic carbocycles. The largest absolute Gasteiger partial charge is 0.369 e. The van der Waals surface area contributed by atoms with Gasteiger partial charge in [-0.15, -0.1) is 10.2 Å². The molecule has 5 nitrogen and oxygen atoms in total. The molecule has 20 heavy (non-hydrogen) atoms. The van der Waals surface area contributed by atoms with Crippen LogP contribution in [0.4, 0.5) is 5.82 Å². The van der Waals surface area contributed by atoms with Gasteiger partial charge in [0.15, 0.2) is 5.69 Å². The monoisotopic (exact) mass is 276 g/mol. The fourth-order valence-electron chi connectivity index (χ4n) is 2.74. The molecule has 0 saturated heterocycles. The average molecular weight is 276 g/mol. The molecule has 1 saturated carbocycles. The first-order valence-corrected chi connectivity index (χ1v) is 7.56. The lowest BCUT2D eigenvalue weighted by Gasteiger charge is -2.28. The van der Waals surface area contributed by atoms with E-state index in [0.29, 0.717) is 23.3 Å². The third-order valence-electron chi connectivity index (χ3n) is 4.07. The fourth-order valence-corrected chi connectivity index (χ4v) is 2.74. The molecule has 1 aromatic rings. The van der Waals surface area contributed by atoms with Crippen LogP contribution in [-0.2, 0) is 0 Å². The number of aromatic nitrogens is 2. The number of carbonyl (C=O) groups excluding carboxylic acids is 1. The molecule has 1 aliphatic carbocycles. The zero-order valence-electron chi connectivity index (χ0n) is 12.4. The van der Waals surface area contributed by atoms with E-state index in [1.54, 1.807) is 12.1 Å². The van der Waals surface area contributed by atoms with Crippen molar-refractivity contribution in [3.05, 3.63) is 17.8 Å². The maximum absolute atomic E-state index is 12.0. The lowest BCUT2D eigenvalue weighted by atomic mass is 9.80. The second-order valence-corrected chi connectivity index (χ2v) is 5.57. The molecule has 1 fully saturated rings. The third-order valence-corrected chi connectivity index (χ3v) is 4.07. The molecule has 2 N–H and O–H groups in total. The van der Waals surface area contributed by atoms with E-state index in [-0.39, 0.29) is 5.91 Å². The van der Waals surface area contributed by atoms with E-state index < -0.39 is 0 Å². The van der Waals surface area contributed by atoms with Crippen LogP contribution in [0.15, 0.2) is 12.1 Å². The zero-order chi connectivity index (χ0) is 14.4. The predicted molar refractivity (Wildman–Crippen MR) is 79.7 cm³/mol. The van der Waals surface area contributed by atoms with Gasteiger partial charge in [0.25, 0.3) is 5.91 Å². The Hall–Kier alpha value is -1.65. The molecule has 1 heterocycles. The van der Waals surface area contributed by atoms with Crippen LogP contribution in [0.1, 0.15) is 50.0 Å². The van der Waals surface area contributed by atoms with Gasteiger partial charge in [-0.3, -0.25) is 4.79 Å². The van der Waals surface area contributed by atoms with Crippen LogP contribution in [0, 0.1) is 11.8 Å². The molecule has 5 heteroatoms. The molecule has 2 rings (SSSR count). The average Bonchev–Trinajstić information content (AvgIpc) is 2.47. The second-order valence-electron chi connectivity index (χ2n) is 5.57. The number of amides is 1. The van der Waals surface area contributed by atoms with Gasteiger partial charge in [-0.05, 0) is 37.3 Å². The normalized spacial score (nSPS) is 22.3. The van der Waals surface area contributed by atoms with E-state index in [1.807, 2.05) is 6.92 Å². The summed E-state index contributed by atoms with van der Waals surface area (Å²) in [6, 6.07) is 3.50. The highest BCUT2D eigenvalue weighted by Gasteiger charge is 2.22. The van der Waals surface area contributed by atoms with Crippen molar-refractivity contribution < 1.29 is 4.79 Å². The Labute approximate surface area is 120 Å². The summed E-state index contributed by atoms with van der Waals surface area (Å²) in [5.74, 6) is 1.87. The summed E-state index contributed by atoms with van der Waals surface area (Å²) in [5.41, 5.74) is 0.384. The molecule has 2 atom stereocenters. The molecule has 1 aliphatic rings. The van der Waals surface area contributed by atoms with E-state index in [0.717, 1.165) is 13.1 Å². The van der Waals surface area contributed by atoms with E-state index in [2.05, 4.69) is 27.8 Å². The number of hydrogen-bond donors (Lipinski definition) is 2. The Kier molecular flexibility index (Phi) is 5.32. The Morgan fingerprint density at radius 1 is 1.30 bits per heavy atom. The summed E-state index contributed by atoms with van der Waals surface area (Å²) in [6.07, 6.45) is 5.09. The maximum Gasteiger partial charge on any atom is 0.271 e. The van der Waals surface area contributed by atoms with E-state index >= 15 is 0 Å². The molecular formula is C15H24N4O.